The van der Waals surface area contributed by atoms with E-state index >= 15 is 0 Å². The zero-order valence-corrected chi connectivity index (χ0v) is 21.4. The van der Waals surface area contributed by atoms with Gasteiger partial charge in [-0.1, -0.05) is 0 Å². The highest BCUT2D eigenvalue weighted by Crippen LogP contribution is 2.55. The molecular formula is C26H26BrF3N4O2. The first kappa shape index (κ1) is 23.8. The minimum Gasteiger partial charge on any atom is -0.371 e. The smallest absolute Gasteiger partial charge is 0.259 e. The number of halogens is 4. The number of amides is 2. The van der Waals surface area contributed by atoms with Crippen LogP contribution in [-0.4, -0.2) is 42.9 Å². The van der Waals surface area contributed by atoms with Crippen molar-refractivity contribution in [1.29, 1.82) is 0 Å². The van der Waals surface area contributed by atoms with E-state index < -0.39 is 35.4 Å². The lowest BCUT2D eigenvalue weighted by Gasteiger charge is -2.35. The third kappa shape index (κ3) is 3.71. The Bertz CT molecular complexity index is 1290. The molecule has 3 heterocycles. The highest BCUT2D eigenvalue weighted by atomic mass is 79.9. The molecule has 2 amide bonds. The van der Waals surface area contributed by atoms with Crippen LogP contribution in [-0.2, 0) is 10.2 Å². The molecule has 10 heteroatoms. The van der Waals surface area contributed by atoms with Crippen molar-refractivity contribution < 1.29 is 22.8 Å². The van der Waals surface area contributed by atoms with Gasteiger partial charge in [0.25, 0.3) is 5.91 Å². The molecule has 36 heavy (non-hydrogen) atoms. The summed E-state index contributed by atoms with van der Waals surface area (Å²) in [5.74, 6) is -4.31. The molecule has 6 rings (SSSR count). The number of rotatable bonds is 3. The maximum absolute atomic E-state index is 14.5. The van der Waals surface area contributed by atoms with E-state index in [1.54, 1.807) is 25.2 Å². The standard InChI is InChI=1S/C26H26BrF3N4O2/c1-33-18-2-3-20(31-21(18)25(23(33)36)6-7-26(29,30)14-25)32-22(35)15-12-17(28)16(27)13-19(15)34-10-8-24(4-5-24)9-11-34/h2-3,12-13H,4-11,14H2,1H3,(H,31,32,35). The highest BCUT2D eigenvalue weighted by Gasteiger charge is 2.60. The van der Waals surface area contributed by atoms with E-state index in [2.05, 4.69) is 31.1 Å². The minimum absolute atomic E-state index is 0.000897. The number of nitrogens with zero attached hydrogens (tertiary/aromatic N) is 3. The second-order valence-electron chi connectivity index (χ2n) is 10.8. The molecule has 2 saturated carbocycles. The molecule has 2 aromatic rings. The van der Waals surface area contributed by atoms with Crippen molar-refractivity contribution in [2.24, 2.45) is 5.41 Å². The number of hydrogen-bond acceptors (Lipinski definition) is 4. The number of fused-ring (bicyclic) bond motifs is 2. The van der Waals surface area contributed by atoms with Gasteiger partial charge in [-0.05, 0) is 77.7 Å². The normalized spacial score (nSPS) is 25.5. The van der Waals surface area contributed by atoms with Crippen LogP contribution in [0.3, 0.4) is 0 Å². The van der Waals surface area contributed by atoms with Gasteiger partial charge in [0.15, 0.2) is 0 Å². The summed E-state index contributed by atoms with van der Waals surface area (Å²) in [6.45, 7) is 1.58. The first-order valence-electron chi connectivity index (χ1n) is 12.3. The number of pyridine rings is 1. The van der Waals surface area contributed by atoms with Crippen molar-refractivity contribution in [1.82, 2.24) is 4.98 Å². The molecule has 2 aliphatic heterocycles. The van der Waals surface area contributed by atoms with Gasteiger partial charge >= 0.3 is 0 Å². The lowest BCUT2D eigenvalue weighted by Crippen LogP contribution is -2.38. The minimum atomic E-state index is -2.95. The van der Waals surface area contributed by atoms with Gasteiger partial charge in [0.05, 0.1) is 32.5 Å². The zero-order chi connectivity index (χ0) is 25.5. The Balaban J connectivity index is 1.30. The van der Waals surface area contributed by atoms with Crippen LogP contribution in [0.5, 0.6) is 0 Å². The maximum atomic E-state index is 14.5. The molecule has 1 atom stereocenters. The third-order valence-corrected chi connectivity index (χ3v) is 9.13. The summed E-state index contributed by atoms with van der Waals surface area (Å²) in [4.78, 5) is 34.3. The van der Waals surface area contributed by atoms with E-state index in [1.807, 2.05) is 0 Å². The van der Waals surface area contributed by atoms with Crippen molar-refractivity contribution >= 4 is 44.9 Å². The average molecular weight is 563 g/mol. The largest absolute Gasteiger partial charge is 0.371 e. The van der Waals surface area contributed by atoms with Crippen molar-refractivity contribution in [2.45, 2.75) is 56.3 Å². The predicted molar refractivity (Wildman–Crippen MR) is 133 cm³/mol. The van der Waals surface area contributed by atoms with Gasteiger partial charge in [0, 0.05) is 33.0 Å². The van der Waals surface area contributed by atoms with Crippen molar-refractivity contribution in [3.63, 3.8) is 0 Å². The molecular weight excluding hydrogens is 537 g/mol. The Morgan fingerprint density at radius 3 is 2.42 bits per heavy atom. The second kappa shape index (κ2) is 7.94. The maximum Gasteiger partial charge on any atom is 0.259 e. The van der Waals surface area contributed by atoms with Crippen molar-refractivity contribution in [2.75, 3.05) is 35.3 Å². The number of benzene rings is 1. The summed E-state index contributed by atoms with van der Waals surface area (Å²) in [6.07, 6.45) is 3.60. The molecule has 1 aromatic carbocycles. The fraction of sp³-hybridized carbons (Fsp3) is 0.500. The fourth-order valence-electron chi connectivity index (χ4n) is 6.14. The van der Waals surface area contributed by atoms with Gasteiger partial charge in [-0.3, -0.25) is 9.59 Å². The van der Waals surface area contributed by atoms with Crippen LogP contribution in [0.25, 0.3) is 0 Å². The van der Waals surface area contributed by atoms with Crippen LogP contribution in [0, 0.1) is 11.2 Å². The first-order chi connectivity index (χ1) is 17.0. The quantitative estimate of drug-likeness (QED) is 0.525. The Labute approximate surface area is 215 Å². The van der Waals surface area contributed by atoms with Crippen LogP contribution in [0.15, 0.2) is 28.7 Å². The van der Waals surface area contributed by atoms with Crippen LogP contribution < -0.4 is 15.1 Å². The van der Waals surface area contributed by atoms with Gasteiger partial charge < -0.3 is 15.1 Å². The van der Waals surface area contributed by atoms with Crippen LogP contribution in [0.2, 0.25) is 0 Å². The number of carbonyl (C=O) groups excluding carboxylic acids is 2. The molecule has 1 saturated heterocycles. The summed E-state index contributed by atoms with van der Waals surface area (Å²) in [5, 5.41) is 2.72. The highest BCUT2D eigenvalue weighted by molar-refractivity contribution is 9.10. The number of hydrogen-bond donors (Lipinski definition) is 1. The van der Waals surface area contributed by atoms with Gasteiger partial charge in [-0.15, -0.1) is 0 Å². The van der Waals surface area contributed by atoms with Crippen molar-refractivity contribution in [3.8, 4) is 0 Å². The van der Waals surface area contributed by atoms with Gasteiger partial charge in [0.1, 0.15) is 11.6 Å². The molecule has 190 valence electrons. The Morgan fingerprint density at radius 2 is 1.78 bits per heavy atom. The van der Waals surface area contributed by atoms with Crippen LogP contribution in [0.1, 0.15) is 61.0 Å². The van der Waals surface area contributed by atoms with Gasteiger partial charge in [-0.2, -0.15) is 0 Å². The Kier molecular flexibility index (Phi) is 5.24. The fourth-order valence-corrected chi connectivity index (χ4v) is 6.47. The van der Waals surface area contributed by atoms with E-state index in [9.17, 15) is 22.8 Å². The van der Waals surface area contributed by atoms with Crippen LogP contribution in [0.4, 0.5) is 30.4 Å². The summed E-state index contributed by atoms with van der Waals surface area (Å²) >= 11 is 3.24. The molecule has 2 spiro atoms. The Hall–Kier alpha value is -2.62. The SMILES string of the molecule is CN1C(=O)C2(CCC(F)(F)C2)c2nc(NC(=O)c3cc(F)c(Br)cc3N3CCC4(CC3)CC4)ccc21. The molecule has 0 bridgehead atoms. The number of likely N-dealkylation sites (N-methyl/N-ethyl adjacent to an activating group) is 1. The predicted octanol–water partition coefficient (Wildman–Crippen LogP) is 5.65. The summed E-state index contributed by atoms with van der Waals surface area (Å²) in [7, 11) is 1.55. The second-order valence-corrected chi connectivity index (χ2v) is 11.6. The topological polar surface area (TPSA) is 65.5 Å². The molecule has 0 radical (unpaired) electrons. The molecule has 3 fully saturated rings. The van der Waals surface area contributed by atoms with Gasteiger partial charge in [0.2, 0.25) is 11.8 Å². The first-order valence-corrected chi connectivity index (χ1v) is 13.0. The molecule has 4 aliphatic rings. The number of carbonyl (C=O) groups is 2. The number of aromatic nitrogens is 1. The number of piperidine rings is 1. The number of anilines is 3. The van der Waals surface area contributed by atoms with E-state index in [1.165, 1.54) is 23.8 Å². The van der Waals surface area contributed by atoms with Gasteiger partial charge in [-0.25, -0.2) is 18.2 Å². The van der Waals surface area contributed by atoms with E-state index in [-0.39, 0.29) is 34.4 Å². The lowest BCUT2D eigenvalue weighted by atomic mass is 9.83. The Morgan fingerprint density at radius 1 is 1.06 bits per heavy atom. The van der Waals surface area contributed by atoms with Crippen LogP contribution >= 0.6 is 15.9 Å². The zero-order valence-electron chi connectivity index (χ0n) is 19.8. The average Bonchev–Trinajstić information content (AvgIpc) is 3.47. The molecule has 6 nitrogen and oxygen atoms in total. The van der Waals surface area contributed by atoms with E-state index in [0.717, 1.165) is 25.9 Å². The third-order valence-electron chi connectivity index (χ3n) is 8.53. The summed E-state index contributed by atoms with van der Waals surface area (Å²) in [5.41, 5.74) is 0.600. The summed E-state index contributed by atoms with van der Waals surface area (Å²) < 4.78 is 43.2. The lowest BCUT2D eigenvalue weighted by molar-refractivity contribution is -0.123. The summed E-state index contributed by atoms with van der Waals surface area (Å²) in [6, 6.07) is 6.00. The van der Waals surface area contributed by atoms with E-state index in [4.69, 9.17) is 0 Å². The molecule has 2 aliphatic carbocycles. The number of nitrogens with one attached hydrogen (secondary N) is 1. The van der Waals surface area contributed by atoms with Crippen molar-refractivity contribution in [3.05, 3.63) is 45.8 Å². The molecule has 1 aromatic heterocycles. The van der Waals surface area contributed by atoms with E-state index in [0.29, 0.717) is 16.8 Å². The molecule has 1 unspecified atom stereocenters. The number of alkyl halides is 2. The monoisotopic (exact) mass is 562 g/mol. The molecule has 1 N–H and O–H groups in total.